The quantitative estimate of drug-likeness (QED) is 0.116. The van der Waals surface area contributed by atoms with Gasteiger partial charge in [0.05, 0.1) is 43.5 Å². The number of aromatic amines is 1. The Morgan fingerprint density at radius 2 is 1.53 bits per heavy atom. The molecular formula is C15H27N5O10. The standard InChI is InChI=1S/C15H27N5O10/c21-14(27-5-1-3-7-29-19(23)24)13(9-12-10-16-11-17-12)18-15(22)28-6-2-4-8-30-20(25)26/h10-11,13,23-26H,1-9H2,(H,16,17)(H,18,22). The van der Waals surface area contributed by atoms with Gasteiger partial charge in [-0.3, -0.25) is 30.5 Å². The minimum absolute atomic E-state index is 0.0202. The summed E-state index contributed by atoms with van der Waals surface area (Å²) in [5, 5.41) is 35.2. The summed E-state index contributed by atoms with van der Waals surface area (Å²) in [6.45, 7) is 0.116. The number of esters is 1. The Morgan fingerprint density at radius 3 is 2.07 bits per heavy atom. The lowest BCUT2D eigenvalue weighted by molar-refractivity contribution is -0.492. The van der Waals surface area contributed by atoms with Crippen LogP contribution in [0.2, 0.25) is 0 Å². The molecule has 0 bridgehead atoms. The Kier molecular flexibility index (Phi) is 13.2. The van der Waals surface area contributed by atoms with E-state index in [0.29, 0.717) is 31.4 Å². The second-order valence-corrected chi connectivity index (χ2v) is 5.87. The van der Waals surface area contributed by atoms with Crippen molar-refractivity contribution in [2.24, 2.45) is 0 Å². The Balaban J connectivity index is 2.35. The Hall–Kier alpha value is -2.37. The molecule has 0 aromatic carbocycles. The number of ether oxygens (including phenoxy) is 2. The highest BCUT2D eigenvalue weighted by atomic mass is 17.1. The SMILES string of the molecule is O=C(NC(Cc1cnc[nH]1)C(=O)OCCCCON(O)O)OCCCCON(O)O. The van der Waals surface area contributed by atoms with Crippen LogP contribution >= 0.6 is 0 Å². The van der Waals surface area contributed by atoms with Gasteiger partial charge in [-0.2, -0.15) is 0 Å². The lowest BCUT2D eigenvalue weighted by Crippen LogP contribution is -2.44. The first kappa shape index (κ1) is 25.7. The van der Waals surface area contributed by atoms with E-state index in [0.717, 1.165) is 0 Å². The van der Waals surface area contributed by atoms with Crippen molar-refractivity contribution in [3.63, 3.8) is 0 Å². The fraction of sp³-hybridized carbons (Fsp3) is 0.667. The van der Waals surface area contributed by atoms with E-state index in [4.69, 9.17) is 30.3 Å². The van der Waals surface area contributed by atoms with E-state index in [1.807, 2.05) is 0 Å². The topological polar surface area (TPSA) is 199 Å². The van der Waals surface area contributed by atoms with Gasteiger partial charge in [-0.05, 0) is 25.7 Å². The van der Waals surface area contributed by atoms with Crippen LogP contribution in [0, 0.1) is 0 Å². The highest BCUT2D eigenvalue weighted by Crippen LogP contribution is 2.03. The molecule has 6 N–H and O–H groups in total. The molecule has 1 rings (SSSR count). The zero-order chi connectivity index (χ0) is 22.2. The summed E-state index contributed by atoms with van der Waals surface area (Å²) in [5.74, 6) is -0.673. The summed E-state index contributed by atoms with van der Waals surface area (Å²) in [7, 11) is 0. The van der Waals surface area contributed by atoms with Crippen molar-refractivity contribution in [3.05, 3.63) is 18.2 Å². The monoisotopic (exact) mass is 437 g/mol. The van der Waals surface area contributed by atoms with Gasteiger partial charge in [-0.1, -0.05) is 0 Å². The van der Waals surface area contributed by atoms with E-state index in [9.17, 15) is 9.59 Å². The number of H-pyrrole nitrogens is 1. The first-order valence-electron chi connectivity index (χ1n) is 9.07. The van der Waals surface area contributed by atoms with Gasteiger partial charge in [0.1, 0.15) is 6.04 Å². The molecule has 0 saturated heterocycles. The van der Waals surface area contributed by atoms with Crippen LogP contribution in [0.5, 0.6) is 0 Å². The molecule has 30 heavy (non-hydrogen) atoms. The maximum Gasteiger partial charge on any atom is 0.407 e. The summed E-state index contributed by atoms with van der Waals surface area (Å²) >= 11 is 0. The molecule has 172 valence electrons. The summed E-state index contributed by atoms with van der Waals surface area (Å²) in [5.41, 5.74) is 0.603. The van der Waals surface area contributed by atoms with Gasteiger partial charge in [0.2, 0.25) is 0 Å². The van der Waals surface area contributed by atoms with Gasteiger partial charge in [0.25, 0.3) is 0 Å². The number of unbranched alkanes of at least 4 members (excludes halogenated alkanes) is 2. The average molecular weight is 437 g/mol. The zero-order valence-electron chi connectivity index (χ0n) is 16.2. The van der Waals surface area contributed by atoms with Gasteiger partial charge in [0, 0.05) is 18.3 Å². The van der Waals surface area contributed by atoms with Crippen LogP contribution in [0.25, 0.3) is 0 Å². The molecule has 0 radical (unpaired) electrons. The fourth-order valence-electron chi connectivity index (χ4n) is 2.13. The van der Waals surface area contributed by atoms with Gasteiger partial charge in [0.15, 0.2) is 0 Å². The Morgan fingerprint density at radius 1 is 0.967 bits per heavy atom. The van der Waals surface area contributed by atoms with Crippen molar-refractivity contribution < 1.29 is 49.6 Å². The van der Waals surface area contributed by atoms with E-state index >= 15 is 0 Å². The van der Waals surface area contributed by atoms with Crippen LogP contribution in [0.3, 0.4) is 0 Å². The molecule has 1 heterocycles. The molecule has 1 amide bonds. The predicted octanol–water partition coefficient (Wildman–Crippen LogP) is 0.175. The largest absolute Gasteiger partial charge is 0.464 e. The summed E-state index contributed by atoms with van der Waals surface area (Å²) in [6, 6.07) is -1.01. The van der Waals surface area contributed by atoms with Crippen molar-refractivity contribution in [3.8, 4) is 0 Å². The molecule has 15 nitrogen and oxygen atoms in total. The molecule has 1 aromatic heterocycles. The number of hydrogen-bond donors (Lipinski definition) is 6. The van der Waals surface area contributed by atoms with Gasteiger partial charge in [-0.25, -0.2) is 14.6 Å². The lowest BCUT2D eigenvalue weighted by Gasteiger charge is -2.17. The third-order valence-electron chi connectivity index (χ3n) is 3.52. The normalized spacial score (nSPS) is 12.2. The first-order chi connectivity index (χ1) is 14.4. The number of alkyl carbamates (subject to hydrolysis) is 1. The van der Waals surface area contributed by atoms with Crippen LogP contribution in [-0.2, 0) is 30.4 Å². The Bertz CT molecular complexity index is 586. The minimum Gasteiger partial charge on any atom is -0.464 e. The Labute approximate surface area is 171 Å². The van der Waals surface area contributed by atoms with Gasteiger partial charge in [-0.15, -0.1) is 0 Å². The fourth-order valence-corrected chi connectivity index (χ4v) is 2.13. The van der Waals surface area contributed by atoms with Crippen LogP contribution in [0.1, 0.15) is 31.4 Å². The van der Waals surface area contributed by atoms with Crippen LogP contribution < -0.4 is 5.32 Å². The third-order valence-corrected chi connectivity index (χ3v) is 3.52. The minimum atomic E-state index is -1.01. The molecule has 1 atom stereocenters. The second-order valence-electron chi connectivity index (χ2n) is 5.87. The van der Waals surface area contributed by atoms with Crippen molar-refractivity contribution in [1.29, 1.82) is 0 Å². The number of aromatic nitrogens is 2. The number of carbonyl (C=O) groups excluding carboxylic acids is 2. The van der Waals surface area contributed by atoms with E-state index < -0.39 is 28.9 Å². The molecule has 0 aliphatic heterocycles. The van der Waals surface area contributed by atoms with Crippen molar-refractivity contribution in [1.82, 2.24) is 26.1 Å². The summed E-state index contributed by atoms with van der Waals surface area (Å²) in [6.07, 6.45) is 3.84. The molecule has 0 aliphatic rings. The predicted molar refractivity (Wildman–Crippen MR) is 92.7 cm³/mol. The number of imidazole rings is 1. The maximum atomic E-state index is 12.3. The van der Waals surface area contributed by atoms with Crippen LogP contribution in [0.4, 0.5) is 4.79 Å². The molecule has 1 aromatic rings. The average Bonchev–Trinajstić information content (AvgIpc) is 3.19. The molecule has 0 aliphatic carbocycles. The molecule has 1 unspecified atom stereocenters. The number of rotatable bonds is 16. The number of nitrogens with one attached hydrogen (secondary N) is 2. The smallest absolute Gasteiger partial charge is 0.407 e. The lowest BCUT2D eigenvalue weighted by atomic mass is 10.1. The van der Waals surface area contributed by atoms with Crippen LogP contribution in [0.15, 0.2) is 12.5 Å². The molecule has 0 saturated carbocycles. The number of hydrogen-bond acceptors (Lipinski definition) is 13. The van der Waals surface area contributed by atoms with Crippen molar-refractivity contribution >= 4 is 12.1 Å². The maximum absolute atomic E-state index is 12.3. The van der Waals surface area contributed by atoms with Crippen LogP contribution in [-0.4, -0.2) is 86.1 Å². The first-order valence-corrected chi connectivity index (χ1v) is 9.07. The molecule has 15 heteroatoms. The number of carbonyl (C=O) groups is 2. The van der Waals surface area contributed by atoms with Gasteiger partial charge < -0.3 is 19.8 Å². The van der Waals surface area contributed by atoms with E-state index in [-0.39, 0.29) is 32.8 Å². The van der Waals surface area contributed by atoms with E-state index in [2.05, 4.69) is 25.0 Å². The highest BCUT2D eigenvalue weighted by Gasteiger charge is 2.24. The van der Waals surface area contributed by atoms with Gasteiger partial charge >= 0.3 is 12.1 Å². The van der Waals surface area contributed by atoms with E-state index in [1.54, 1.807) is 0 Å². The summed E-state index contributed by atoms with van der Waals surface area (Å²) < 4.78 is 10.1. The highest BCUT2D eigenvalue weighted by molar-refractivity contribution is 5.81. The zero-order valence-corrected chi connectivity index (χ0v) is 16.2. The third kappa shape index (κ3) is 13.0. The number of nitrogens with zero attached hydrogens (tertiary/aromatic N) is 3. The van der Waals surface area contributed by atoms with E-state index in [1.165, 1.54) is 12.5 Å². The molecular weight excluding hydrogens is 410 g/mol. The second kappa shape index (κ2) is 15.5. The van der Waals surface area contributed by atoms with Crippen molar-refractivity contribution in [2.75, 3.05) is 26.4 Å². The number of amides is 1. The molecule has 0 fully saturated rings. The summed E-state index contributed by atoms with van der Waals surface area (Å²) in [4.78, 5) is 39.7. The van der Waals surface area contributed by atoms with Crippen molar-refractivity contribution in [2.45, 2.75) is 38.1 Å². The molecule has 0 spiro atoms.